The molecule has 0 spiro atoms. The highest BCUT2D eigenvalue weighted by Crippen LogP contribution is 2.42. The molecule has 2 aromatic heterocycles. The number of aryl methyl sites for hydroxylation is 1. The molecule has 1 atom stereocenters. The molecule has 0 fully saturated rings. The predicted octanol–water partition coefficient (Wildman–Crippen LogP) is 3.62. The lowest BCUT2D eigenvalue weighted by Gasteiger charge is -2.28. The molecule has 31 heavy (non-hydrogen) atoms. The number of hydrogen-bond acceptors (Lipinski definition) is 3. The normalized spacial score (nSPS) is 15.9. The minimum atomic E-state index is -0.861. The molecular formula is C23H19ClFN3O3. The maximum absolute atomic E-state index is 14.9. The fourth-order valence-electron chi connectivity index (χ4n) is 4.46. The van der Waals surface area contributed by atoms with Crippen LogP contribution >= 0.6 is 11.6 Å². The molecule has 8 heteroatoms. The topological polar surface area (TPSA) is 58.2 Å². The van der Waals surface area contributed by atoms with E-state index in [9.17, 15) is 14.0 Å². The summed E-state index contributed by atoms with van der Waals surface area (Å²) in [6.07, 6.45) is -0.861. The third kappa shape index (κ3) is 2.80. The number of halogens is 2. The highest BCUT2D eigenvalue weighted by molar-refractivity contribution is 6.31. The highest BCUT2D eigenvalue weighted by Gasteiger charge is 2.35. The summed E-state index contributed by atoms with van der Waals surface area (Å²) in [5.41, 5.74) is 1.81. The molecule has 0 unspecified atom stereocenters. The second kappa shape index (κ2) is 7.21. The van der Waals surface area contributed by atoms with Crippen molar-refractivity contribution in [2.24, 2.45) is 14.1 Å². The maximum Gasteiger partial charge on any atom is 0.331 e. The van der Waals surface area contributed by atoms with Crippen LogP contribution in [0.3, 0.4) is 0 Å². The minimum absolute atomic E-state index is 0.192. The zero-order chi connectivity index (χ0) is 21.9. The van der Waals surface area contributed by atoms with E-state index in [4.69, 9.17) is 16.3 Å². The Balaban J connectivity index is 1.98. The van der Waals surface area contributed by atoms with Gasteiger partial charge in [0.15, 0.2) is 0 Å². The van der Waals surface area contributed by atoms with Gasteiger partial charge in [-0.1, -0.05) is 48.0 Å². The summed E-state index contributed by atoms with van der Waals surface area (Å²) in [7, 11) is 3.06. The lowest BCUT2D eigenvalue weighted by atomic mass is 10.0. The van der Waals surface area contributed by atoms with Gasteiger partial charge in [0.25, 0.3) is 5.56 Å². The largest absolute Gasteiger partial charge is 0.365 e. The van der Waals surface area contributed by atoms with Crippen LogP contribution in [0.4, 0.5) is 4.39 Å². The van der Waals surface area contributed by atoms with Crippen molar-refractivity contribution in [3.05, 3.63) is 91.5 Å². The highest BCUT2D eigenvalue weighted by atomic mass is 35.5. The zero-order valence-corrected chi connectivity index (χ0v) is 17.7. The van der Waals surface area contributed by atoms with Crippen LogP contribution < -0.4 is 11.2 Å². The lowest BCUT2D eigenvalue weighted by Crippen LogP contribution is -2.37. The number of benzene rings is 2. The molecule has 4 aromatic rings. The van der Waals surface area contributed by atoms with Crippen LogP contribution in [0.1, 0.15) is 17.4 Å². The zero-order valence-electron chi connectivity index (χ0n) is 16.9. The molecule has 0 radical (unpaired) electrons. The van der Waals surface area contributed by atoms with Crippen molar-refractivity contribution in [3.63, 3.8) is 0 Å². The quantitative estimate of drug-likeness (QED) is 0.479. The SMILES string of the molecule is Cn1c(=O)c2c(-c3ccccc3)n3c(c2n(C)c1=O)[C@@H](c1c(F)cccc1Cl)OCC3. The van der Waals surface area contributed by atoms with Crippen LogP contribution in [0.25, 0.3) is 22.2 Å². The third-order valence-corrected chi connectivity index (χ3v) is 6.19. The molecule has 0 saturated carbocycles. The Morgan fingerprint density at radius 3 is 2.48 bits per heavy atom. The second-order valence-electron chi connectivity index (χ2n) is 7.57. The Morgan fingerprint density at radius 1 is 1.03 bits per heavy atom. The Labute approximate surface area is 181 Å². The van der Waals surface area contributed by atoms with Crippen molar-refractivity contribution in [1.82, 2.24) is 13.7 Å². The number of aromatic nitrogens is 3. The van der Waals surface area contributed by atoms with Crippen molar-refractivity contribution in [2.75, 3.05) is 6.61 Å². The van der Waals surface area contributed by atoms with Crippen molar-refractivity contribution < 1.29 is 9.13 Å². The van der Waals surface area contributed by atoms with Crippen LogP contribution in [0.15, 0.2) is 58.1 Å². The van der Waals surface area contributed by atoms with Gasteiger partial charge in [0.05, 0.1) is 28.9 Å². The van der Waals surface area contributed by atoms with E-state index in [1.807, 2.05) is 34.9 Å². The van der Waals surface area contributed by atoms with Gasteiger partial charge >= 0.3 is 5.69 Å². The first kappa shape index (κ1) is 19.8. The summed E-state index contributed by atoms with van der Waals surface area (Å²) in [6.45, 7) is 0.756. The summed E-state index contributed by atoms with van der Waals surface area (Å²) in [4.78, 5) is 26.1. The molecule has 0 amide bonds. The second-order valence-corrected chi connectivity index (χ2v) is 7.97. The van der Waals surface area contributed by atoms with Gasteiger partial charge in [-0.25, -0.2) is 9.18 Å². The predicted molar refractivity (Wildman–Crippen MR) is 117 cm³/mol. The molecule has 1 aliphatic heterocycles. The maximum atomic E-state index is 14.9. The monoisotopic (exact) mass is 439 g/mol. The molecule has 6 nitrogen and oxygen atoms in total. The van der Waals surface area contributed by atoms with E-state index in [-0.39, 0.29) is 10.6 Å². The summed E-state index contributed by atoms with van der Waals surface area (Å²) in [5, 5.41) is 0.622. The molecule has 158 valence electrons. The molecule has 3 heterocycles. The van der Waals surface area contributed by atoms with E-state index in [0.717, 1.165) is 10.1 Å². The number of hydrogen-bond donors (Lipinski definition) is 0. The van der Waals surface area contributed by atoms with Gasteiger partial charge < -0.3 is 9.30 Å². The van der Waals surface area contributed by atoms with E-state index in [1.54, 1.807) is 13.1 Å². The van der Waals surface area contributed by atoms with E-state index in [0.29, 0.717) is 35.4 Å². The van der Waals surface area contributed by atoms with Gasteiger partial charge in [-0.2, -0.15) is 0 Å². The molecule has 0 aliphatic carbocycles. The average molecular weight is 440 g/mol. The van der Waals surface area contributed by atoms with E-state index < -0.39 is 23.2 Å². The smallest absolute Gasteiger partial charge is 0.331 e. The number of ether oxygens (including phenoxy) is 1. The van der Waals surface area contributed by atoms with E-state index in [1.165, 1.54) is 23.7 Å². The number of rotatable bonds is 2. The van der Waals surface area contributed by atoms with Gasteiger partial charge in [-0.15, -0.1) is 0 Å². The minimum Gasteiger partial charge on any atom is -0.365 e. The summed E-state index contributed by atoms with van der Waals surface area (Å²) in [5.74, 6) is -0.504. The summed E-state index contributed by atoms with van der Waals surface area (Å²) >= 11 is 6.37. The first-order valence-electron chi connectivity index (χ1n) is 9.84. The Hall–Kier alpha value is -3.16. The molecular weight excluding hydrogens is 421 g/mol. The van der Waals surface area contributed by atoms with E-state index in [2.05, 4.69) is 0 Å². The molecule has 0 saturated heterocycles. The fraction of sp³-hybridized carbons (Fsp3) is 0.217. The van der Waals surface area contributed by atoms with Gasteiger partial charge in [-0.05, 0) is 17.7 Å². The number of nitrogens with zero attached hydrogens (tertiary/aromatic N) is 3. The molecule has 0 bridgehead atoms. The Bertz CT molecular complexity index is 1430. The first-order chi connectivity index (χ1) is 14.9. The number of fused-ring (bicyclic) bond motifs is 3. The molecule has 2 aromatic carbocycles. The Kier molecular flexibility index (Phi) is 4.60. The van der Waals surface area contributed by atoms with Crippen molar-refractivity contribution in [1.29, 1.82) is 0 Å². The first-order valence-corrected chi connectivity index (χ1v) is 10.2. The van der Waals surface area contributed by atoms with Crippen LogP contribution in [-0.4, -0.2) is 20.3 Å². The summed E-state index contributed by atoms with van der Waals surface area (Å²) < 4.78 is 25.3. The van der Waals surface area contributed by atoms with Crippen molar-refractivity contribution >= 4 is 22.5 Å². The van der Waals surface area contributed by atoms with Crippen molar-refractivity contribution in [3.8, 4) is 11.3 Å². The van der Waals surface area contributed by atoms with E-state index >= 15 is 0 Å². The Morgan fingerprint density at radius 2 is 1.77 bits per heavy atom. The van der Waals surface area contributed by atoms with Gasteiger partial charge in [0.1, 0.15) is 11.9 Å². The van der Waals surface area contributed by atoms with Gasteiger partial charge in [0, 0.05) is 31.2 Å². The van der Waals surface area contributed by atoms with Crippen LogP contribution in [0.5, 0.6) is 0 Å². The van der Waals surface area contributed by atoms with Crippen LogP contribution in [0, 0.1) is 5.82 Å². The summed E-state index contributed by atoms with van der Waals surface area (Å²) in [6, 6.07) is 13.9. The standard InChI is InChI=1S/C23H19ClFN3O3/c1-26-19-17(22(29)27(2)23(26)30)18(13-7-4-3-5-8-13)28-11-12-31-21(20(19)28)16-14(24)9-6-10-15(16)25/h3-10,21H,11-12H2,1-2H3/t21-/m1/s1. The van der Waals surface area contributed by atoms with Crippen LogP contribution in [-0.2, 0) is 25.4 Å². The van der Waals surface area contributed by atoms with Gasteiger partial charge in [0.2, 0.25) is 0 Å². The molecule has 5 rings (SSSR count). The average Bonchev–Trinajstić information content (AvgIpc) is 3.13. The molecule has 1 aliphatic rings. The van der Waals surface area contributed by atoms with Gasteiger partial charge in [-0.3, -0.25) is 13.9 Å². The van der Waals surface area contributed by atoms with Crippen LogP contribution in [0.2, 0.25) is 5.02 Å². The van der Waals surface area contributed by atoms with Crippen molar-refractivity contribution in [2.45, 2.75) is 12.6 Å². The third-order valence-electron chi connectivity index (χ3n) is 5.86. The molecule has 0 N–H and O–H groups in total. The fourth-order valence-corrected chi connectivity index (χ4v) is 4.72. The lowest BCUT2D eigenvalue weighted by molar-refractivity contribution is 0.0458.